The van der Waals surface area contributed by atoms with E-state index in [4.69, 9.17) is 14.2 Å². The van der Waals surface area contributed by atoms with Crippen LogP contribution in [0.3, 0.4) is 0 Å². The quantitative estimate of drug-likeness (QED) is 0.0841. The maximum absolute atomic E-state index is 12.6. The summed E-state index contributed by atoms with van der Waals surface area (Å²) in [4.78, 5) is 12.6. The van der Waals surface area contributed by atoms with Gasteiger partial charge in [0.15, 0.2) is 0 Å². The Morgan fingerprint density at radius 3 is 2.02 bits per heavy atom. The number of unbranched alkanes of at least 4 members (excludes halogenated alkanes) is 11. The van der Waals surface area contributed by atoms with Crippen molar-refractivity contribution in [1.82, 2.24) is 0 Å². The van der Waals surface area contributed by atoms with Crippen molar-refractivity contribution in [3.63, 3.8) is 0 Å². The van der Waals surface area contributed by atoms with Crippen LogP contribution in [0.5, 0.6) is 17.2 Å². The molecule has 5 nitrogen and oxygen atoms in total. The maximum atomic E-state index is 12.6. The lowest BCUT2D eigenvalue weighted by Gasteiger charge is -2.13. The van der Waals surface area contributed by atoms with Crippen molar-refractivity contribution >= 4 is 5.97 Å². The molecule has 0 saturated heterocycles. The van der Waals surface area contributed by atoms with Gasteiger partial charge in [-0.1, -0.05) is 84.1 Å². The summed E-state index contributed by atoms with van der Waals surface area (Å²) in [7, 11) is 0. The molecule has 0 bridgehead atoms. The molecule has 2 aromatic carbocycles. The Kier molecular flexibility index (Phi) is 17.9. The number of phenolic OH excluding ortho intramolecular Hbond substituents is 1. The molecule has 0 aliphatic carbocycles. The zero-order valence-corrected chi connectivity index (χ0v) is 25.4. The lowest BCUT2D eigenvalue weighted by atomic mass is 10.0. The molecule has 0 spiro atoms. The van der Waals surface area contributed by atoms with Crippen molar-refractivity contribution in [2.45, 2.75) is 130 Å². The van der Waals surface area contributed by atoms with E-state index in [1.54, 1.807) is 24.3 Å². The van der Waals surface area contributed by atoms with Gasteiger partial charge in [0.25, 0.3) is 0 Å². The Morgan fingerprint density at radius 1 is 0.725 bits per heavy atom. The SMILES string of the molecule is CCCCCCCCCCc1ccc(C(=O)Oc2ccc(OCCCCCC(C)OCCCCC)cc2)c(O)c1. The first kappa shape index (κ1) is 33.7. The summed E-state index contributed by atoms with van der Waals surface area (Å²) in [5, 5.41) is 10.4. The molecule has 1 atom stereocenters. The zero-order chi connectivity index (χ0) is 28.8. The molecule has 2 rings (SSSR count). The van der Waals surface area contributed by atoms with Gasteiger partial charge in [0, 0.05) is 6.61 Å². The van der Waals surface area contributed by atoms with E-state index in [-0.39, 0.29) is 11.3 Å². The van der Waals surface area contributed by atoms with Crippen LogP contribution >= 0.6 is 0 Å². The summed E-state index contributed by atoms with van der Waals surface area (Å²) in [6.45, 7) is 8.14. The molecule has 40 heavy (non-hydrogen) atoms. The fourth-order valence-electron chi connectivity index (χ4n) is 4.75. The molecule has 0 radical (unpaired) electrons. The van der Waals surface area contributed by atoms with Crippen LogP contribution in [0.2, 0.25) is 0 Å². The van der Waals surface area contributed by atoms with Gasteiger partial charge in [0.05, 0.1) is 12.7 Å². The molecular weight excluding hydrogens is 500 g/mol. The molecule has 2 aromatic rings. The van der Waals surface area contributed by atoms with Crippen LogP contribution in [-0.4, -0.2) is 30.4 Å². The van der Waals surface area contributed by atoms with Gasteiger partial charge in [0.2, 0.25) is 0 Å². The largest absolute Gasteiger partial charge is 0.507 e. The summed E-state index contributed by atoms with van der Waals surface area (Å²) in [5.74, 6) is 0.584. The highest BCUT2D eigenvalue weighted by molar-refractivity contribution is 5.93. The van der Waals surface area contributed by atoms with Crippen LogP contribution in [0.25, 0.3) is 0 Å². The number of carbonyl (C=O) groups is 1. The molecule has 224 valence electrons. The van der Waals surface area contributed by atoms with E-state index < -0.39 is 5.97 Å². The number of phenols is 1. The Balaban J connectivity index is 1.63. The van der Waals surface area contributed by atoms with Crippen molar-refractivity contribution in [2.75, 3.05) is 13.2 Å². The number of ether oxygens (including phenoxy) is 3. The first-order valence-electron chi connectivity index (χ1n) is 15.9. The summed E-state index contributed by atoms with van der Waals surface area (Å²) in [5.41, 5.74) is 1.23. The predicted octanol–water partition coefficient (Wildman–Crippen LogP) is 9.83. The number of hydrogen-bond donors (Lipinski definition) is 1. The number of hydrogen-bond acceptors (Lipinski definition) is 5. The van der Waals surface area contributed by atoms with Gasteiger partial charge < -0.3 is 19.3 Å². The van der Waals surface area contributed by atoms with Gasteiger partial charge in [0.1, 0.15) is 22.8 Å². The normalized spacial score (nSPS) is 11.9. The highest BCUT2D eigenvalue weighted by Crippen LogP contribution is 2.24. The minimum absolute atomic E-state index is 0.0283. The van der Waals surface area contributed by atoms with Crippen molar-refractivity contribution in [3.8, 4) is 17.2 Å². The number of aromatic hydroxyl groups is 1. The number of esters is 1. The van der Waals surface area contributed by atoms with Crippen LogP contribution in [0.15, 0.2) is 42.5 Å². The first-order chi connectivity index (χ1) is 19.5. The summed E-state index contributed by atoms with van der Waals surface area (Å²) >= 11 is 0. The molecule has 0 amide bonds. The Labute approximate surface area is 243 Å². The molecule has 0 fully saturated rings. The van der Waals surface area contributed by atoms with E-state index in [0.717, 1.165) is 62.9 Å². The highest BCUT2D eigenvalue weighted by atomic mass is 16.5. The number of benzene rings is 2. The Bertz CT molecular complexity index is 924. The van der Waals surface area contributed by atoms with Crippen LogP contribution in [-0.2, 0) is 11.2 Å². The third-order valence-electron chi connectivity index (χ3n) is 7.31. The van der Waals surface area contributed by atoms with Crippen LogP contribution in [0.4, 0.5) is 0 Å². The van der Waals surface area contributed by atoms with Gasteiger partial charge in [-0.2, -0.15) is 0 Å². The fourth-order valence-corrected chi connectivity index (χ4v) is 4.75. The monoisotopic (exact) mass is 554 g/mol. The summed E-state index contributed by atoms with van der Waals surface area (Å²) < 4.78 is 17.2. The number of aryl methyl sites for hydroxylation is 1. The van der Waals surface area contributed by atoms with Gasteiger partial charge in [-0.15, -0.1) is 0 Å². The number of rotatable bonds is 23. The fraction of sp³-hybridized carbons (Fsp3) is 0.629. The lowest BCUT2D eigenvalue weighted by molar-refractivity contribution is 0.0557. The Hall–Kier alpha value is -2.53. The van der Waals surface area contributed by atoms with Gasteiger partial charge in [-0.25, -0.2) is 4.79 Å². The molecule has 1 N–H and O–H groups in total. The third-order valence-corrected chi connectivity index (χ3v) is 7.31. The minimum atomic E-state index is -0.562. The van der Waals surface area contributed by atoms with Gasteiger partial charge in [-0.05, 0) is 87.4 Å². The van der Waals surface area contributed by atoms with Crippen molar-refractivity contribution in [1.29, 1.82) is 0 Å². The van der Waals surface area contributed by atoms with E-state index in [2.05, 4.69) is 20.8 Å². The van der Waals surface area contributed by atoms with E-state index in [9.17, 15) is 9.90 Å². The average Bonchev–Trinajstić information content (AvgIpc) is 2.95. The standard InChI is InChI=1S/C35H54O5/c1-4-6-8-9-10-11-12-15-19-30-20-25-33(34(36)28-30)35(37)40-32-23-21-31(22-24-32)39-27-17-13-14-18-29(3)38-26-16-7-5-2/h20-25,28-29,36H,4-19,26-27H2,1-3H3. The van der Waals surface area contributed by atoms with Gasteiger partial charge in [-0.3, -0.25) is 0 Å². The van der Waals surface area contributed by atoms with E-state index in [1.807, 2.05) is 18.2 Å². The van der Waals surface area contributed by atoms with Crippen molar-refractivity contribution < 1.29 is 24.1 Å². The third kappa shape index (κ3) is 14.7. The Morgan fingerprint density at radius 2 is 1.32 bits per heavy atom. The smallest absolute Gasteiger partial charge is 0.347 e. The number of carbonyl (C=O) groups excluding carboxylic acids is 1. The molecule has 0 aliphatic rings. The lowest BCUT2D eigenvalue weighted by Crippen LogP contribution is -2.09. The second-order valence-electron chi connectivity index (χ2n) is 11.0. The van der Waals surface area contributed by atoms with E-state index >= 15 is 0 Å². The molecule has 0 heterocycles. The maximum Gasteiger partial charge on any atom is 0.347 e. The molecule has 0 saturated carbocycles. The minimum Gasteiger partial charge on any atom is -0.507 e. The molecule has 5 heteroatoms. The van der Waals surface area contributed by atoms with Crippen LogP contribution < -0.4 is 9.47 Å². The first-order valence-corrected chi connectivity index (χ1v) is 15.9. The van der Waals surface area contributed by atoms with Crippen molar-refractivity contribution in [3.05, 3.63) is 53.6 Å². The molecule has 0 aliphatic heterocycles. The van der Waals surface area contributed by atoms with Crippen LogP contribution in [0.1, 0.15) is 133 Å². The highest BCUT2D eigenvalue weighted by Gasteiger charge is 2.14. The van der Waals surface area contributed by atoms with E-state index in [0.29, 0.717) is 18.5 Å². The van der Waals surface area contributed by atoms with Crippen LogP contribution in [0, 0.1) is 0 Å². The molecular formula is C35H54O5. The predicted molar refractivity (Wildman–Crippen MR) is 165 cm³/mol. The zero-order valence-electron chi connectivity index (χ0n) is 25.4. The van der Waals surface area contributed by atoms with E-state index in [1.165, 1.54) is 57.8 Å². The van der Waals surface area contributed by atoms with Crippen molar-refractivity contribution in [2.24, 2.45) is 0 Å². The average molecular weight is 555 g/mol. The summed E-state index contributed by atoms with van der Waals surface area (Å²) in [6, 6.07) is 12.3. The molecule has 1 unspecified atom stereocenters. The summed E-state index contributed by atoms with van der Waals surface area (Å²) in [6.07, 6.45) is 19.3. The second-order valence-corrected chi connectivity index (χ2v) is 11.0. The second kappa shape index (κ2) is 21.2. The topological polar surface area (TPSA) is 65.0 Å². The van der Waals surface area contributed by atoms with Gasteiger partial charge >= 0.3 is 5.97 Å². The molecule has 0 aromatic heterocycles.